The lowest BCUT2D eigenvalue weighted by atomic mass is 9.88. The van der Waals surface area contributed by atoms with Gasteiger partial charge >= 0.3 is 0 Å². The van der Waals surface area contributed by atoms with E-state index < -0.39 is 0 Å². The first-order valence-corrected chi connectivity index (χ1v) is 9.54. The second-order valence-electron chi connectivity index (χ2n) is 7.43. The van der Waals surface area contributed by atoms with Crippen LogP contribution in [0.4, 0.5) is 0 Å². The van der Waals surface area contributed by atoms with E-state index >= 15 is 0 Å². The highest BCUT2D eigenvalue weighted by Crippen LogP contribution is 2.26. The van der Waals surface area contributed by atoms with E-state index in [2.05, 4.69) is 9.80 Å². The maximum Gasteiger partial charge on any atom is 0.129 e. The van der Waals surface area contributed by atoms with Crippen molar-refractivity contribution in [2.75, 3.05) is 32.8 Å². The summed E-state index contributed by atoms with van der Waals surface area (Å²) >= 11 is 0. The smallest absolute Gasteiger partial charge is 0.129 e. The molecule has 1 saturated heterocycles. The molecular weight excluding hydrogens is 304 g/mol. The Kier molecular flexibility index (Phi) is 6.72. The van der Waals surface area contributed by atoms with E-state index in [1.807, 2.05) is 12.1 Å². The number of hydrogen-bond donors (Lipinski definition) is 2. The second-order valence-corrected chi connectivity index (χ2v) is 7.43. The quantitative estimate of drug-likeness (QED) is 0.799. The molecular formula is C19H32N2O3. The average Bonchev–Trinajstić information content (AvgIpc) is 3.06. The van der Waals surface area contributed by atoms with Gasteiger partial charge in [0.1, 0.15) is 18.1 Å². The molecule has 1 saturated carbocycles. The number of aliphatic hydroxyl groups is 2. The molecule has 1 atom stereocenters. The summed E-state index contributed by atoms with van der Waals surface area (Å²) in [4.78, 5) is 5.03. The molecule has 1 aliphatic heterocycles. The van der Waals surface area contributed by atoms with Gasteiger partial charge in [-0.2, -0.15) is 0 Å². The summed E-state index contributed by atoms with van der Waals surface area (Å²) in [6.07, 6.45) is 7.79. The van der Waals surface area contributed by atoms with Crippen molar-refractivity contribution in [1.82, 2.24) is 9.80 Å². The molecule has 0 radical (unpaired) electrons. The average molecular weight is 336 g/mol. The molecule has 0 bridgehead atoms. The van der Waals surface area contributed by atoms with Gasteiger partial charge in [0, 0.05) is 38.8 Å². The van der Waals surface area contributed by atoms with Gasteiger partial charge < -0.3 is 14.6 Å². The highest BCUT2D eigenvalue weighted by Gasteiger charge is 2.29. The Balaban J connectivity index is 1.53. The molecule has 0 aromatic carbocycles. The van der Waals surface area contributed by atoms with Crippen LogP contribution in [0, 0.1) is 5.92 Å². The Morgan fingerprint density at radius 2 is 1.83 bits per heavy atom. The standard InChI is InChI=1S/C19H32N2O3/c22-11-8-17-13-20(14-18-6-7-19(15-23)24-18)9-10-21(17)12-16-4-2-1-3-5-16/h6-7,16-17,22-23H,1-5,8-15H2. The summed E-state index contributed by atoms with van der Waals surface area (Å²) in [5.41, 5.74) is 0. The Morgan fingerprint density at radius 1 is 1.04 bits per heavy atom. The monoisotopic (exact) mass is 336 g/mol. The maximum atomic E-state index is 9.46. The van der Waals surface area contributed by atoms with E-state index in [1.165, 1.54) is 38.6 Å². The van der Waals surface area contributed by atoms with Gasteiger partial charge in [-0.15, -0.1) is 0 Å². The molecule has 1 unspecified atom stereocenters. The number of piperazine rings is 1. The van der Waals surface area contributed by atoms with Crippen molar-refractivity contribution in [1.29, 1.82) is 0 Å². The molecule has 2 fully saturated rings. The molecule has 5 nitrogen and oxygen atoms in total. The summed E-state index contributed by atoms with van der Waals surface area (Å²) in [7, 11) is 0. The van der Waals surface area contributed by atoms with Crippen molar-refractivity contribution in [3.63, 3.8) is 0 Å². The van der Waals surface area contributed by atoms with E-state index in [-0.39, 0.29) is 13.2 Å². The van der Waals surface area contributed by atoms with Gasteiger partial charge in [0.25, 0.3) is 0 Å². The molecule has 2 aliphatic rings. The molecule has 3 rings (SSSR count). The fraction of sp³-hybridized carbons (Fsp3) is 0.789. The third-order valence-corrected chi connectivity index (χ3v) is 5.62. The van der Waals surface area contributed by atoms with Gasteiger partial charge in [-0.3, -0.25) is 9.80 Å². The lowest BCUT2D eigenvalue weighted by Crippen LogP contribution is -2.54. The minimum Gasteiger partial charge on any atom is -0.462 e. The summed E-state index contributed by atoms with van der Waals surface area (Å²) < 4.78 is 5.62. The van der Waals surface area contributed by atoms with E-state index in [9.17, 15) is 5.11 Å². The molecule has 0 spiro atoms. The molecule has 2 N–H and O–H groups in total. The Bertz CT molecular complexity index is 485. The molecule has 136 valence electrons. The third kappa shape index (κ3) is 4.82. The van der Waals surface area contributed by atoms with Gasteiger partial charge in [-0.05, 0) is 37.3 Å². The minimum atomic E-state index is -0.0394. The van der Waals surface area contributed by atoms with Crippen LogP contribution in [0.25, 0.3) is 0 Å². The zero-order valence-corrected chi connectivity index (χ0v) is 14.7. The molecule has 5 heteroatoms. The topological polar surface area (TPSA) is 60.1 Å². The summed E-state index contributed by atoms with van der Waals surface area (Å²) in [6.45, 7) is 5.32. The van der Waals surface area contributed by atoms with E-state index in [1.54, 1.807) is 0 Å². The highest BCUT2D eigenvalue weighted by atomic mass is 16.4. The summed E-state index contributed by atoms with van der Waals surface area (Å²) in [5, 5.41) is 18.6. The van der Waals surface area contributed by atoms with E-state index in [0.717, 1.165) is 44.3 Å². The normalized spacial score (nSPS) is 24.5. The zero-order valence-electron chi connectivity index (χ0n) is 14.7. The van der Waals surface area contributed by atoms with Crippen LogP contribution >= 0.6 is 0 Å². The predicted molar refractivity (Wildman–Crippen MR) is 93.5 cm³/mol. The van der Waals surface area contributed by atoms with Gasteiger partial charge in [-0.1, -0.05) is 19.3 Å². The van der Waals surface area contributed by atoms with Crippen LogP contribution in [0.15, 0.2) is 16.5 Å². The predicted octanol–water partition coefficient (Wildman–Crippen LogP) is 2.22. The minimum absolute atomic E-state index is 0.0394. The van der Waals surface area contributed by atoms with Gasteiger partial charge in [0.15, 0.2) is 0 Å². The maximum absolute atomic E-state index is 9.46. The molecule has 1 aliphatic carbocycles. The first-order valence-electron chi connectivity index (χ1n) is 9.54. The second kappa shape index (κ2) is 8.99. The van der Waals surface area contributed by atoms with E-state index in [0.29, 0.717) is 11.8 Å². The first-order chi connectivity index (χ1) is 11.8. The van der Waals surface area contributed by atoms with Crippen LogP contribution in [-0.2, 0) is 13.2 Å². The first kappa shape index (κ1) is 17.9. The van der Waals surface area contributed by atoms with Gasteiger partial charge in [0.2, 0.25) is 0 Å². The SMILES string of the molecule is OCCC1CN(Cc2ccc(CO)o2)CCN1CC1CCCCC1. The summed E-state index contributed by atoms with van der Waals surface area (Å²) in [5.74, 6) is 2.40. The largest absolute Gasteiger partial charge is 0.462 e. The number of aliphatic hydroxyl groups excluding tert-OH is 2. The van der Waals surface area contributed by atoms with Crippen molar-refractivity contribution in [3.05, 3.63) is 23.7 Å². The highest BCUT2D eigenvalue weighted by molar-refractivity contribution is 5.06. The third-order valence-electron chi connectivity index (χ3n) is 5.62. The Hall–Kier alpha value is -0.880. The molecule has 2 heterocycles. The lowest BCUT2D eigenvalue weighted by Gasteiger charge is -2.43. The van der Waals surface area contributed by atoms with Crippen LogP contribution in [-0.4, -0.2) is 58.8 Å². The number of hydrogen-bond acceptors (Lipinski definition) is 5. The van der Waals surface area contributed by atoms with Crippen molar-refractivity contribution in [3.8, 4) is 0 Å². The van der Waals surface area contributed by atoms with Crippen molar-refractivity contribution < 1.29 is 14.6 Å². The van der Waals surface area contributed by atoms with Gasteiger partial charge in [0.05, 0.1) is 6.54 Å². The molecule has 24 heavy (non-hydrogen) atoms. The van der Waals surface area contributed by atoms with E-state index in [4.69, 9.17) is 9.52 Å². The number of nitrogens with zero attached hydrogens (tertiary/aromatic N) is 2. The van der Waals surface area contributed by atoms with Crippen LogP contribution in [0.2, 0.25) is 0 Å². The molecule has 1 aromatic rings. The fourth-order valence-corrected chi connectivity index (χ4v) is 4.28. The van der Waals surface area contributed by atoms with Crippen LogP contribution in [0.1, 0.15) is 50.0 Å². The fourth-order valence-electron chi connectivity index (χ4n) is 4.28. The van der Waals surface area contributed by atoms with Crippen LogP contribution in [0.5, 0.6) is 0 Å². The van der Waals surface area contributed by atoms with Crippen molar-refractivity contribution in [2.45, 2.75) is 57.7 Å². The van der Waals surface area contributed by atoms with Gasteiger partial charge in [-0.25, -0.2) is 0 Å². The molecule has 1 aromatic heterocycles. The zero-order chi connectivity index (χ0) is 16.8. The Morgan fingerprint density at radius 3 is 2.54 bits per heavy atom. The molecule has 0 amide bonds. The van der Waals surface area contributed by atoms with Crippen molar-refractivity contribution in [2.24, 2.45) is 5.92 Å². The number of rotatable bonds is 7. The van der Waals surface area contributed by atoms with Crippen molar-refractivity contribution >= 4 is 0 Å². The lowest BCUT2D eigenvalue weighted by molar-refractivity contribution is 0.0370. The van der Waals surface area contributed by atoms with Crippen LogP contribution in [0.3, 0.4) is 0 Å². The Labute approximate surface area is 145 Å². The number of furan rings is 1. The van der Waals surface area contributed by atoms with Crippen LogP contribution < -0.4 is 0 Å². The summed E-state index contributed by atoms with van der Waals surface area (Å²) in [6, 6.07) is 4.25.